The van der Waals surface area contributed by atoms with E-state index in [2.05, 4.69) is 15.9 Å². The van der Waals surface area contributed by atoms with E-state index in [0.717, 1.165) is 10.0 Å². The number of morpholine rings is 1. The second kappa shape index (κ2) is 6.03. The summed E-state index contributed by atoms with van der Waals surface area (Å²) in [4.78, 5) is 14.0. The van der Waals surface area contributed by atoms with Crippen LogP contribution in [-0.2, 0) is 15.1 Å². The van der Waals surface area contributed by atoms with Crippen molar-refractivity contribution in [2.45, 2.75) is 18.9 Å². The van der Waals surface area contributed by atoms with Crippen LogP contribution in [0.25, 0.3) is 0 Å². The Hall–Kier alpha value is -0.910. The zero-order chi connectivity index (χ0) is 13.9. The highest BCUT2D eigenvalue weighted by Crippen LogP contribution is 2.34. The van der Waals surface area contributed by atoms with Gasteiger partial charge in [0.15, 0.2) is 0 Å². The molecule has 1 atom stereocenters. The van der Waals surface area contributed by atoms with E-state index < -0.39 is 11.5 Å². The maximum absolute atomic E-state index is 11.9. The van der Waals surface area contributed by atoms with Crippen LogP contribution in [0.5, 0.6) is 0 Å². The van der Waals surface area contributed by atoms with E-state index in [1.54, 1.807) is 0 Å². The third-order valence-corrected chi connectivity index (χ3v) is 4.27. The van der Waals surface area contributed by atoms with Gasteiger partial charge in [0, 0.05) is 17.6 Å². The van der Waals surface area contributed by atoms with E-state index in [1.165, 1.54) is 0 Å². The lowest BCUT2D eigenvalue weighted by molar-refractivity contribution is -0.156. The molecular formula is C14H18BrNO3. The van der Waals surface area contributed by atoms with E-state index in [4.69, 9.17) is 4.74 Å². The fourth-order valence-corrected chi connectivity index (χ4v) is 2.96. The summed E-state index contributed by atoms with van der Waals surface area (Å²) in [6.07, 6.45) is 0.532. The summed E-state index contributed by atoms with van der Waals surface area (Å²) < 4.78 is 6.28. The maximum atomic E-state index is 11.9. The smallest absolute Gasteiger partial charge is 0.328 e. The third kappa shape index (κ3) is 2.68. The van der Waals surface area contributed by atoms with Crippen molar-refractivity contribution in [1.82, 2.24) is 4.90 Å². The molecule has 5 heteroatoms. The molecule has 1 aromatic carbocycles. The van der Waals surface area contributed by atoms with Crippen LogP contribution in [-0.4, -0.2) is 42.3 Å². The van der Waals surface area contributed by atoms with Gasteiger partial charge in [-0.15, -0.1) is 0 Å². The van der Waals surface area contributed by atoms with Crippen molar-refractivity contribution in [1.29, 1.82) is 0 Å². The van der Waals surface area contributed by atoms with Gasteiger partial charge in [0.2, 0.25) is 0 Å². The van der Waals surface area contributed by atoms with Gasteiger partial charge in [0.05, 0.1) is 13.2 Å². The van der Waals surface area contributed by atoms with Crippen LogP contribution >= 0.6 is 15.9 Å². The van der Waals surface area contributed by atoms with Crippen LogP contribution in [0.1, 0.15) is 18.9 Å². The van der Waals surface area contributed by atoms with Crippen molar-refractivity contribution in [3.63, 3.8) is 0 Å². The number of rotatable bonds is 4. The van der Waals surface area contributed by atoms with Gasteiger partial charge in [-0.1, -0.05) is 35.0 Å². The topological polar surface area (TPSA) is 49.8 Å². The van der Waals surface area contributed by atoms with E-state index in [0.29, 0.717) is 32.7 Å². The molecule has 1 saturated heterocycles. The van der Waals surface area contributed by atoms with Crippen molar-refractivity contribution >= 4 is 21.9 Å². The first-order valence-electron chi connectivity index (χ1n) is 6.43. The molecule has 1 N–H and O–H groups in total. The zero-order valence-corrected chi connectivity index (χ0v) is 12.5. The molecule has 0 saturated carbocycles. The number of carbonyl (C=O) groups is 1. The molecule has 1 aromatic rings. The van der Waals surface area contributed by atoms with Gasteiger partial charge in [-0.25, -0.2) is 4.79 Å². The van der Waals surface area contributed by atoms with Crippen molar-refractivity contribution in [2.24, 2.45) is 0 Å². The monoisotopic (exact) mass is 327 g/mol. The molecule has 19 heavy (non-hydrogen) atoms. The van der Waals surface area contributed by atoms with Crippen molar-refractivity contribution in [3.8, 4) is 0 Å². The molecule has 0 amide bonds. The number of halogens is 1. The van der Waals surface area contributed by atoms with Crippen LogP contribution in [0.2, 0.25) is 0 Å². The Morgan fingerprint density at radius 2 is 1.95 bits per heavy atom. The second-order valence-corrected chi connectivity index (χ2v) is 5.54. The molecule has 1 fully saturated rings. The quantitative estimate of drug-likeness (QED) is 0.923. The van der Waals surface area contributed by atoms with E-state index in [1.807, 2.05) is 36.1 Å². The summed E-state index contributed by atoms with van der Waals surface area (Å²) in [6.45, 7) is 4.40. The van der Waals surface area contributed by atoms with Gasteiger partial charge in [0.1, 0.15) is 5.54 Å². The Labute approximate surface area is 121 Å². The van der Waals surface area contributed by atoms with Gasteiger partial charge >= 0.3 is 5.97 Å². The fourth-order valence-electron chi connectivity index (χ4n) is 2.69. The number of benzene rings is 1. The molecule has 0 spiro atoms. The summed E-state index contributed by atoms with van der Waals surface area (Å²) in [7, 11) is 0. The number of nitrogens with zero attached hydrogens (tertiary/aromatic N) is 1. The minimum Gasteiger partial charge on any atom is -0.480 e. The first-order chi connectivity index (χ1) is 9.11. The Morgan fingerprint density at radius 3 is 2.42 bits per heavy atom. The van der Waals surface area contributed by atoms with Gasteiger partial charge in [-0.05, 0) is 24.1 Å². The lowest BCUT2D eigenvalue weighted by Crippen LogP contribution is -2.55. The van der Waals surface area contributed by atoms with E-state index in [-0.39, 0.29) is 0 Å². The molecule has 104 valence electrons. The van der Waals surface area contributed by atoms with E-state index >= 15 is 0 Å². The number of carboxylic acid groups (broad SMARTS) is 1. The lowest BCUT2D eigenvalue weighted by Gasteiger charge is -2.42. The van der Waals surface area contributed by atoms with Crippen molar-refractivity contribution in [3.05, 3.63) is 34.3 Å². The van der Waals surface area contributed by atoms with Gasteiger partial charge in [-0.3, -0.25) is 4.90 Å². The van der Waals surface area contributed by atoms with E-state index in [9.17, 15) is 9.90 Å². The predicted octanol–water partition coefficient (Wildman–Crippen LogP) is 2.47. The first kappa shape index (κ1) is 14.5. The lowest BCUT2D eigenvalue weighted by atomic mass is 9.85. The molecule has 1 heterocycles. The predicted molar refractivity (Wildman–Crippen MR) is 76.1 cm³/mol. The second-order valence-electron chi connectivity index (χ2n) is 4.63. The van der Waals surface area contributed by atoms with Crippen LogP contribution in [0, 0.1) is 0 Å². The fraction of sp³-hybridized carbons (Fsp3) is 0.500. The number of ether oxygens (including phenoxy) is 1. The Bertz CT molecular complexity index is 443. The highest BCUT2D eigenvalue weighted by molar-refractivity contribution is 9.10. The summed E-state index contributed by atoms with van der Waals surface area (Å²) in [5.74, 6) is -0.792. The van der Waals surface area contributed by atoms with Gasteiger partial charge in [0.25, 0.3) is 0 Å². The normalized spacial score (nSPS) is 19.9. The number of hydrogen-bond acceptors (Lipinski definition) is 3. The molecule has 0 bridgehead atoms. The molecule has 0 aliphatic carbocycles. The SMILES string of the molecule is CCC(C(=O)O)(c1ccc(Br)cc1)N1CCOCC1. The molecule has 0 aromatic heterocycles. The summed E-state index contributed by atoms with van der Waals surface area (Å²) in [5, 5.41) is 9.80. The molecule has 1 aliphatic heterocycles. The highest BCUT2D eigenvalue weighted by Gasteiger charge is 2.44. The average Bonchev–Trinajstić information content (AvgIpc) is 2.43. The summed E-state index contributed by atoms with van der Waals surface area (Å²) in [5.41, 5.74) is -0.127. The minimum absolute atomic E-state index is 0.532. The molecule has 1 unspecified atom stereocenters. The number of hydrogen-bond donors (Lipinski definition) is 1. The van der Waals surface area contributed by atoms with Crippen molar-refractivity contribution < 1.29 is 14.6 Å². The molecule has 1 aliphatic rings. The number of carboxylic acids is 1. The molecule has 0 radical (unpaired) electrons. The maximum Gasteiger partial charge on any atom is 0.328 e. The average molecular weight is 328 g/mol. The standard InChI is InChI=1S/C14H18BrNO3/c1-2-14(13(17)18,16-7-9-19-10-8-16)11-3-5-12(15)6-4-11/h3-6H,2,7-10H2,1H3,(H,17,18). The largest absolute Gasteiger partial charge is 0.480 e. The summed E-state index contributed by atoms with van der Waals surface area (Å²) >= 11 is 3.39. The van der Waals surface area contributed by atoms with Gasteiger partial charge < -0.3 is 9.84 Å². The zero-order valence-electron chi connectivity index (χ0n) is 10.9. The van der Waals surface area contributed by atoms with Crippen LogP contribution < -0.4 is 0 Å². The Morgan fingerprint density at radius 1 is 1.37 bits per heavy atom. The minimum atomic E-state index is -0.954. The van der Waals surface area contributed by atoms with Crippen LogP contribution in [0.3, 0.4) is 0 Å². The third-order valence-electron chi connectivity index (χ3n) is 3.74. The Balaban J connectivity index is 2.43. The molecule has 2 rings (SSSR count). The van der Waals surface area contributed by atoms with Crippen molar-refractivity contribution in [2.75, 3.05) is 26.3 Å². The highest BCUT2D eigenvalue weighted by atomic mass is 79.9. The number of aliphatic carboxylic acids is 1. The molecule has 4 nitrogen and oxygen atoms in total. The molecular weight excluding hydrogens is 310 g/mol. The van der Waals surface area contributed by atoms with Crippen LogP contribution in [0.4, 0.5) is 0 Å². The van der Waals surface area contributed by atoms with Gasteiger partial charge in [-0.2, -0.15) is 0 Å². The Kier molecular flexibility index (Phi) is 4.60. The summed E-state index contributed by atoms with van der Waals surface area (Å²) in [6, 6.07) is 7.56. The van der Waals surface area contributed by atoms with Crippen LogP contribution in [0.15, 0.2) is 28.7 Å². The first-order valence-corrected chi connectivity index (χ1v) is 7.23.